The zero-order valence-corrected chi connectivity index (χ0v) is 11.5. The number of nitrogen functional groups attached to an aromatic ring is 1. The molecule has 1 heterocycles. The van der Waals surface area contributed by atoms with Crippen molar-refractivity contribution in [1.82, 2.24) is 9.27 Å². The number of nitrogens with zero attached hydrogens (tertiary/aromatic N) is 3. The molecule has 0 aliphatic rings. The summed E-state index contributed by atoms with van der Waals surface area (Å²) in [5, 5.41) is 1.22. The SMILES string of the molecule is CCCN(CCN(C)C)c1snc(N)c1C. The summed E-state index contributed by atoms with van der Waals surface area (Å²) in [4.78, 5) is 4.58. The van der Waals surface area contributed by atoms with Crippen LogP contribution in [-0.4, -0.2) is 43.0 Å². The Morgan fingerprint density at radius 2 is 1.94 bits per heavy atom. The zero-order chi connectivity index (χ0) is 12.1. The molecule has 1 aromatic rings. The molecule has 4 nitrogen and oxygen atoms in total. The molecule has 0 bridgehead atoms. The van der Waals surface area contributed by atoms with E-state index >= 15 is 0 Å². The fourth-order valence-electron chi connectivity index (χ4n) is 1.54. The second kappa shape index (κ2) is 6.06. The molecule has 0 atom stereocenters. The largest absolute Gasteiger partial charge is 0.383 e. The number of nitrogens with two attached hydrogens (primary N) is 1. The van der Waals surface area contributed by atoms with Crippen LogP contribution in [0.15, 0.2) is 0 Å². The average Bonchev–Trinajstić information content (AvgIpc) is 2.55. The van der Waals surface area contributed by atoms with Crippen LogP contribution >= 0.6 is 11.5 Å². The fourth-order valence-corrected chi connectivity index (χ4v) is 2.40. The Morgan fingerprint density at radius 3 is 2.38 bits per heavy atom. The third-order valence-electron chi connectivity index (χ3n) is 2.53. The minimum absolute atomic E-state index is 0.672. The van der Waals surface area contributed by atoms with Crippen molar-refractivity contribution in [3.8, 4) is 0 Å². The first-order valence-corrected chi connectivity index (χ1v) is 6.45. The summed E-state index contributed by atoms with van der Waals surface area (Å²) in [5.74, 6) is 0.672. The van der Waals surface area contributed by atoms with Gasteiger partial charge in [0.25, 0.3) is 0 Å². The van der Waals surface area contributed by atoms with Crippen molar-refractivity contribution in [3.05, 3.63) is 5.56 Å². The predicted octanol–water partition coefficient (Wildman–Crippen LogP) is 1.81. The number of hydrogen-bond donors (Lipinski definition) is 1. The van der Waals surface area contributed by atoms with E-state index in [-0.39, 0.29) is 0 Å². The molecule has 16 heavy (non-hydrogen) atoms. The van der Waals surface area contributed by atoms with E-state index < -0.39 is 0 Å². The maximum Gasteiger partial charge on any atom is 0.142 e. The summed E-state index contributed by atoms with van der Waals surface area (Å²) in [7, 11) is 4.19. The number of hydrogen-bond acceptors (Lipinski definition) is 5. The second-order valence-corrected chi connectivity index (χ2v) is 5.04. The molecule has 5 heteroatoms. The third-order valence-corrected chi connectivity index (χ3v) is 3.56. The van der Waals surface area contributed by atoms with Crippen LogP contribution in [0.3, 0.4) is 0 Å². The lowest BCUT2D eigenvalue weighted by Crippen LogP contribution is -2.32. The Bertz CT molecular complexity index is 322. The van der Waals surface area contributed by atoms with Gasteiger partial charge in [-0.25, -0.2) is 0 Å². The summed E-state index contributed by atoms with van der Waals surface area (Å²) < 4.78 is 4.21. The molecule has 0 unspecified atom stereocenters. The average molecular weight is 242 g/mol. The number of aromatic nitrogens is 1. The van der Waals surface area contributed by atoms with E-state index in [9.17, 15) is 0 Å². The molecule has 1 aromatic heterocycles. The van der Waals surface area contributed by atoms with Crippen molar-refractivity contribution in [2.45, 2.75) is 20.3 Å². The first-order chi connectivity index (χ1) is 7.56. The standard InChI is InChI=1S/C11H22N4S/c1-5-6-15(8-7-14(3)4)11-9(2)10(12)13-16-11/h5-8H2,1-4H3,(H2,12,13). The van der Waals surface area contributed by atoms with Crippen molar-refractivity contribution in [3.63, 3.8) is 0 Å². The van der Waals surface area contributed by atoms with Gasteiger partial charge in [0, 0.05) is 25.2 Å². The highest BCUT2D eigenvalue weighted by Crippen LogP contribution is 2.29. The molecule has 92 valence electrons. The van der Waals surface area contributed by atoms with Crippen molar-refractivity contribution in [2.24, 2.45) is 0 Å². The van der Waals surface area contributed by atoms with Gasteiger partial charge in [-0.1, -0.05) is 6.92 Å². The highest BCUT2D eigenvalue weighted by molar-refractivity contribution is 7.10. The Hall–Kier alpha value is -0.810. The van der Waals surface area contributed by atoms with Gasteiger partial charge >= 0.3 is 0 Å². The third kappa shape index (κ3) is 3.35. The first-order valence-electron chi connectivity index (χ1n) is 5.67. The molecule has 0 amide bonds. The predicted molar refractivity (Wildman–Crippen MR) is 72.3 cm³/mol. The van der Waals surface area contributed by atoms with Crippen LogP contribution in [0.25, 0.3) is 0 Å². The molecular weight excluding hydrogens is 220 g/mol. The van der Waals surface area contributed by atoms with Gasteiger partial charge in [-0.3, -0.25) is 0 Å². The molecule has 0 spiro atoms. The fraction of sp³-hybridized carbons (Fsp3) is 0.727. The molecular formula is C11H22N4S. The Labute approximate surface area is 102 Å². The van der Waals surface area contributed by atoms with Crippen LogP contribution in [0.1, 0.15) is 18.9 Å². The quantitative estimate of drug-likeness (QED) is 0.826. The molecule has 2 N–H and O–H groups in total. The van der Waals surface area contributed by atoms with Crippen molar-refractivity contribution >= 4 is 22.4 Å². The van der Waals surface area contributed by atoms with Crippen molar-refractivity contribution in [1.29, 1.82) is 0 Å². The lowest BCUT2D eigenvalue weighted by molar-refractivity contribution is 0.413. The smallest absolute Gasteiger partial charge is 0.142 e. The van der Waals surface area contributed by atoms with Crippen LogP contribution in [0.4, 0.5) is 10.8 Å². The second-order valence-electron chi connectivity index (χ2n) is 4.29. The van der Waals surface area contributed by atoms with E-state index in [4.69, 9.17) is 5.73 Å². The molecule has 0 aromatic carbocycles. The van der Waals surface area contributed by atoms with Gasteiger partial charge in [0.1, 0.15) is 10.8 Å². The van der Waals surface area contributed by atoms with Gasteiger partial charge < -0.3 is 15.5 Å². The monoisotopic (exact) mass is 242 g/mol. The zero-order valence-electron chi connectivity index (χ0n) is 10.7. The Kier molecular flexibility index (Phi) is 5.02. The van der Waals surface area contributed by atoms with Gasteiger partial charge in [-0.2, -0.15) is 4.37 Å². The van der Waals surface area contributed by atoms with Gasteiger partial charge in [0.05, 0.1) is 0 Å². The first kappa shape index (κ1) is 13.3. The highest BCUT2D eigenvalue weighted by Gasteiger charge is 2.13. The maximum absolute atomic E-state index is 5.79. The molecule has 1 rings (SSSR count). The van der Waals surface area contributed by atoms with E-state index in [0.717, 1.165) is 31.6 Å². The summed E-state index contributed by atoms with van der Waals surface area (Å²) in [6, 6.07) is 0. The molecule has 0 radical (unpaired) electrons. The van der Waals surface area contributed by atoms with Crippen LogP contribution in [0, 0.1) is 6.92 Å². The number of likely N-dealkylation sites (N-methyl/N-ethyl adjacent to an activating group) is 1. The van der Waals surface area contributed by atoms with E-state index in [1.165, 1.54) is 16.5 Å². The van der Waals surface area contributed by atoms with Gasteiger partial charge in [-0.05, 0) is 39.0 Å². The molecule has 0 aliphatic heterocycles. The van der Waals surface area contributed by atoms with E-state index in [1.54, 1.807) is 0 Å². The van der Waals surface area contributed by atoms with Gasteiger partial charge in [0.2, 0.25) is 0 Å². The Morgan fingerprint density at radius 1 is 1.25 bits per heavy atom. The van der Waals surface area contributed by atoms with Crippen LogP contribution in [-0.2, 0) is 0 Å². The summed E-state index contributed by atoms with van der Waals surface area (Å²) in [5.41, 5.74) is 6.92. The lowest BCUT2D eigenvalue weighted by atomic mass is 10.3. The minimum Gasteiger partial charge on any atom is -0.383 e. The van der Waals surface area contributed by atoms with Crippen LogP contribution in [0.2, 0.25) is 0 Å². The van der Waals surface area contributed by atoms with Crippen LogP contribution < -0.4 is 10.6 Å². The molecule has 0 saturated carbocycles. The van der Waals surface area contributed by atoms with Crippen LogP contribution in [0.5, 0.6) is 0 Å². The number of anilines is 2. The summed E-state index contributed by atoms with van der Waals surface area (Å²) >= 11 is 1.51. The topological polar surface area (TPSA) is 45.4 Å². The number of rotatable bonds is 6. The van der Waals surface area contributed by atoms with Crippen molar-refractivity contribution < 1.29 is 0 Å². The normalized spacial score (nSPS) is 11.1. The van der Waals surface area contributed by atoms with Gasteiger partial charge in [0.15, 0.2) is 0 Å². The molecule has 0 saturated heterocycles. The summed E-state index contributed by atoms with van der Waals surface area (Å²) in [6.45, 7) is 7.39. The summed E-state index contributed by atoms with van der Waals surface area (Å²) in [6.07, 6.45) is 1.14. The molecule has 0 aliphatic carbocycles. The van der Waals surface area contributed by atoms with Gasteiger partial charge in [-0.15, -0.1) is 0 Å². The molecule has 0 fully saturated rings. The van der Waals surface area contributed by atoms with Crippen molar-refractivity contribution in [2.75, 3.05) is 44.4 Å². The highest BCUT2D eigenvalue weighted by atomic mass is 32.1. The Balaban J connectivity index is 2.72. The lowest BCUT2D eigenvalue weighted by Gasteiger charge is -2.24. The van der Waals surface area contributed by atoms with E-state index in [2.05, 4.69) is 35.2 Å². The maximum atomic E-state index is 5.79. The van der Waals surface area contributed by atoms with E-state index in [0.29, 0.717) is 5.82 Å². The minimum atomic E-state index is 0.672. The van der Waals surface area contributed by atoms with E-state index in [1.807, 2.05) is 6.92 Å².